The first kappa shape index (κ1) is 11.2. The summed E-state index contributed by atoms with van der Waals surface area (Å²) in [5.74, 6) is -0.310. The number of amides is 1. The Kier molecular flexibility index (Phi) is 3.42. The lowest BCUT2D eigenvalue weighted by atomic mass is 10.2. The van der Waals surface area contributed by atoms with Crippen molar-refractivity contribution in [2.45, 2.75) is 6.61 Å². The highest BCUT2D eigenvalue weighted by atomic mass is 16.3. The molecule has 17 heavy (non-hydrogen) atoms. The maximum Gasteiger partial charge on any atom is 0.275 e. The van der Waals surface area contributed by atoms with Crippen molar-refractivity contribution in [1.29, 1.82) is 0 Å². The summed E-state index contributed by atoms with van der Waals surface area (Å²) in [6.45, 7) is -0.0155. The van der Waals surface area contributed by atoms with E-state index in [2.05, 4.69) is 15.3 Å². The van der Waals surface area contributed by atoms with Gasteiger partial charge in [0.05, 0.1) is 12.8 Å². The molecule has 0 aliphatic rings. The lowest BCUT2D eigenvalue weighted by molar-refractivity contribution is 0.102. The number of rotatable bonds is 3. The largest absolute Gasteiger partial charge is 0.392 e. The molecule has 86 valence electrons. The molecule has 0 aliphatic carbocycles. The minimum Gasteiger partial charge on any atom is -0.392 e. The van der Waals surface area contributed by atoms with Gasteiger partial charge in [0.2, 0.25) is 0 Å². The number of nitrogens with one attached hydrogen (secondary N) is 1. The van der Waals surface area contributed by atoms with E-state index in [0.717, 1.165) is 5.56 Å². The third-order valence-corrected chi connectivity index (χ3v) is 2.19. The monoisotopic (exact) mass is 229 g/mol. The third-order valence-electron chi connectivity index (χ3n) is 2.19. The van der Waals surface area contributed by atoms with Crippen molar-refractivity contribution >= 4 is 11.6 Å². The van der Waals surface area contributed by atoms with Crippen LogP contribution in [0, 0.1) is 0 Å². The number of carbonyl (C=O) groups excluding carboxylic acids is 1. The zero-order chi connectivity index (χ0) is 12.1. The summed E-state index contributed by atoms with van der Waals surface area (Å²) in [5.41, 5.74) is 1.71. The number of benzene rings is 1. The Morgan fingerprint density at radius 1 is 1.24 bits per heavy atom. The number of anilines is 1. The number of hydrogen-bond donors (Lipinski definition) is 2. The van der Waals surface area contributed by atoms with Crippen molar-refractivity contribution in [3.8, 4) is 0 Å². The van der Waals surface area contributed by atoms with Crippen LogP contribution in [0.25, 0.3) is 0 Å². The summed E-state index contributed by atoms with van der Waals surface area (Å²) in [7, 11) is 0. The first-order valence-electron chi connectivity index (χ1n) is 5.07. The van der Waals surface area contributed by atoms with Gasteiger partial charge in [0, 0.05) is 18.1 Å². The summed E-state index contributed by atoms with van der Waals surface area (Å²) >= 11 is 0. The van der Waals surface area contributed by atoms with Crippen LogP contribution in [-0.2, 0) is 6.61 Å². The molecule has 0 bridgehead atoms. The van der Waals surface area contributed by atoms with E-state index in [-0.39, 0.29) is 18.2 Å². The fourth-order valence-electron chi connectivity index (χ4n) is 1.30. The van der Waals surface area contributed by atoms with Gasteiger partial charge in [-0.2, -0.15) is 0 Å². The molecule has 0 saturated carbocycles. The van der Waals surface area contributed by atoms with Gasteiger partial charge in [0.25, 0.3) is 5.91 Å². The van der Waals surface area contributed by atoms with E-state index in [9.17, 15) is 4.79 Å². The van der Waals surface area contributed by atoms with Crippen LogP contribution in [0.2, 0.25) is 0 Å². The van der Waals surface area contributed by atoms with Gasteiger partial charge in [0.1, 0.15) is 5.69 Å². The minimum absolute atomic E-state index is 0.0155. The highest BCUT2D eigenvalue weighted by molar-refractivity contribution is 6.02. The number of nitrogens with zero attached hydrogens (tertiary/aromatic N) is 2. The average Bonchev–Trinajstić information content (AvgIpc) is 2.40. The molecule has 0 aliphatic heterocycles. The standard InChI is InChI=1S/C12H11N3O2/c16-8-9-1-3-10(4-2-9)15-12(17)11-7-13-5-6-14-11/h1-7,16H,8H2,(H,15,17). The Morgan fingerprint density at radius 3 is 2.59 bits per heavy atom. The van der Waals surface area contributed by atoms with Crippen LogP contribution in [0.1, 0.15) is 16.1 Å². The predicted octanol–water partition coefficient (Wildman–Crippen LogP) is 1.22. The number of aromatic nitrogens is 2. The minimum atomic E-state index is -0.310. The summed E-state index contributed by atoms with van der Waals surface area (Å²) in [4.78, 5) is 19.4. The SMILES string of the molecule is O=C(Nc1ccc(CO)cc1)c1cnccn1. The van der Waals surface area contributed by atoms with E-state index >= 15 is 0 Å². The Balaban J connectivity index is 2.08. The van der Waals surface area contributed by atoms with Crippen molar-refractivity contribution in [2.75, 3.05) is 5.32 Å². The molecule has 0 fully saturated rings. The highest BCUT2D eigenvalue weighted by Gasteiger charge is 2.06. The molecule has 1 aromatic heterocycles. The molecule has 0 atom stereocenters. The van der Waals surface area contributed by atoms with Gasteiger partial charge >= 0.3 is 0 Å². The maximum absolute atomic E-state index is 11.7. The Morgan fingerprint density at radius 2 is 2.00 bits per heavy atom. The summed E-state index contributed by atoms with van der Waals surface area (Å²) < 4.78 is 0. The van der Waals surface area contributed by atoms with Gasteiger partial charge in [-0.3, -0.25) is 9.78 Å². The number of hydrogen-bond acceptors (Lipinski definition) is 4. The molecule has 2 rings (SSSR count). The number of carbonyl (C=O) groups is 1. The van der Waals surface area contributed by atoms with E-state index in [1.807, 2.05) is 0 Å². The normalized spacial score (nSPS) is 9.94. The summed E-state index contributed by atoms with van der Waals surface area (Å²) in [5, 5.41) is 11.6. The molecule has 0 radical (unpaired) electrons. The second-order valence-electron chi connectivity index (χ2n) is 3.40. The van der Waals surface area contributed by atoms with Crippen molar-refractivity contribution in [1.82, 2.24) is 9.97 Å². The van der Waals surface area contributed by atoms with Crippen LogP contribution in [0.15, 0.2) is 42.9 Å². The zero-order valence-corrected chi connectivity index (χ0v) is 9.00. The number of aliphatic hydroxyl groups is 1. The second kappa shape index (κ2) is 5.18. The van der Waals surface area contributed by atoms with E-state index in [1.165, 1.54) is 18.6 Å². The van der Waals surface area contributed by atoms with Crippen LogP contribution in [-0.4, -0.2) is 21.0 Å². The molecule has 0 saturated heterocycles. The van der Waals surface area contributed by atoms with E-state index in [4.69, 9.17) is 5.11 Å². The van der Waals surface area contributed by atoms with Crippen LogP contribution >= 0.6 is 0 Å². The van der Waals surface area contributed by atoms with Gasteiger partial charge in [-0.25, -0.2) is 4.98 Å². The molecule has 2 N–H and O–H groups in total. The molecule has 2 aromatic rings. The predicted molar refractivity (Wildman–Crippen MR) is 62.4 cm³/mol. The zero-order valence-electron chi connectivity index (χ0n) is 9.00. The fourth-order valence-corrected chi connectivity index (χ4v) is 1.30. The molecule has 1 aromatic carbocycles. The van der Waals surface area contributed by atoms with Crippen LogP contribution in [0.3, 0.4) is 0 Å². The first-order chi connectivity index (χ1) is 8.29. The molecular formula is C12H11N3O2. The third kappa shape index (κ3) is 2.85. The quantitative estimate of drug-likeness (QED) is 0.829. The van der Waals surface area contributed by atoms with E-state index in [0.29, 0.717) is 5.69 Å². The first-order valence-corrected chi connectivity index (χ1v) is 5.07. The van der Waals surface area contributed by atoms with E-state index in [1.54, 1.807) is 24.3 Å². The van der Waals surface area contributed by atoms with Crippen molar-refractivity contribution in [3.63, 3.8) is 0 Å². The lowest BCUT2D eigenvalue weighted by Gasteiger charge is -2.04. The Hall–Kier alpha value is -2.27. The van der Waals surface area contributed by atoms with Crippen LogP contribution in [0.5, 0.6) is 0 Å². The summed E-state index contributed by atoms with van der Waals surface area (Å²) in [6.07, 6.45) is 4.37. The Labute approximate surface area is 98.2 Å². The smallest absolute Gasteiger partial charge is 0.275 e. The molecular weight excluding hydrogens is 218 g/mol. The fraction of sp³-hybridized carbons (Fsp3) is 0.0833. The molecule has 5 nitrogen and oxygen atoms in total. The van der Waals surface area contributed by atoms with Crippen molar-refractivity contribution < 1.29 is 9.90 Å². The summed E-state index contributed by atoms with van der Waals surface area (Å²) in [6, 6.07) is 6.93. The maximum atomic E-state index is 11.7. The number of aliphatic hydroxyl groups excluding tert-OH is 1. The van der Waals surface area contributed by atoms with Gasteiger partial charge in [-0.05, 0) is 17.7 Å². The van der Waals surface area contributed by atoms with Crippen LogP contribution < -0.4 is 5.32 Å². The average molecular weight is 229 g/mol. The highest BCUT2D eigenvalue weighted by Crippen LogP contribution is 2.10. The molecule has 0 spiro atoms. The second-order valence-corrected chi connectivity index (χ2v) is 3.40. The van der Waals surface area contributed by atoms with Gasteiger partial charge in [-0.1, -0.05) is 12.1 Å². The lowest BCUT2D eigenvalue weighted by Crippen LogP contribution is -2.13. The molecule has 5 heteroatoms. The van der Waals surface area contributed by atoms with Gasteiger partial charge in [-0.15, -0.1) is 0 Å². The van der Waals surface area contributed by atoms with Gasteiger partial charge in [0.15, 0.2) is 0 Å². The molecule has 1 heterocycles. The molecule has 0 unspecified atom stereocenters. The topological polar surface area (TPSA) is 75.1 Å². The van der Waals surface area contributed by atoms with Gasteiger partial charge < -0.3 is 10.4 Å². The molecule has 1 amide bonds. The van der Waals surface area contributed by atoms with Crippen molar-refractivity contribution in [3.05, 3.63) is 54.1 Å². The van der Waals surface area contributed by atoms with Crippen LogP contribution in [0.4, 0.5) is 5.69 Å². The van der Waals surface area contributed by atoms with Crippen molar-refractivity contribution in [2.24, 2.45) is 0 Å². The Bertz CT molecular complexity index is 497. The van der Waals surface area contributed by atoms with E-state index < -0.39 is 0 Å².